The zero-order valence-electron chi connectivity index (χ0n) is 12.7. The topological polar surface area (TPSA) is 30.5 Å². The third-order valence-electron chi connectivity index (χ3n) is 4.79. The van der Waals surface area contributed by atoms with Crippen LogP contribution in [-0.4, -0.2) is 25.4 Å². The molecule has 0 bridgehead atoms. The van der Waals surface area contributed by atoms with Crippen molar-refractivity contribution in [1.29, 1.82) is 0 Å². The summed E-state index contributed by atoms with van der Waals surface area (Å²) >= 11 is 3.52. The van der Waals surface area contributed by atoms with Crippen molar-refractivity contribution in [3.05, 3.63) is 22.7 Å². The third kappa shape index (κ3) is 3.54. The predicted molar refractivity (Wildman–Crippen MR) is 89.1 cm³/mol. The van der Waals surface area contributed by atoms with Gasteiger partial charge in [0.05, 0.1) is 23.3 Å². The molecule has 1 aliphatic heterocycles. The van der Waals surface area contributed by atoms with Gasteiger partial charge in [-0.3, -0.25) is 0 Å². The fourth-order valence-electron chi connectivity index (χ4n) is 3.61. The van der Waals surface area contributed by atoms with Crippen molar-refractivity contribution < 1.29 is 9.47 Å². The molecule has 1 aromatic carbocycles. The van der Waals surface area contributed by atoms with Crippen LogP contribution in [0, 0.1) is 0 Å². The minimum absolute atomic E-state index is 0.213. The Morgan fingerprint density at radius 2 is 2.10 bits per heavy atom. The van der Waals surface area contributed by atoms with Crippen molar-refractivity contribution in [2.45, 2.75) is 56.7 Å². The molecule has 1 heterocycles. The summed E-state index contributed by atoms with van der Waals surface area (Å²) in [6, 6.07) is 6.09. The van der Waals surface area contributed by atoms with E-state index in [1.54, 1.807) is 7.11 Å². The molecule has 0 aromatic heterocycles. The Bertz CT molecular complexity index is 486. The standard InChI is InChI=1S/C17H24BrNO2/c1-20-16-6-5-13(11-15(16)18)19-12-14-7-10-17(21-14)8-3-2-4-9-17/h5-6,11,14,19H,2-4,7-10,12H2,1H3. The van der Waals surface area contributed by atoms with Gasteiger partial charge in [-0.2, -0.15) is 0 Å². The van der Waals surface area contributed by atoms with Crippen molar-refractivity contribution in [1.82, 2.24) is 0 Å². The van der Waals surface area contributed by atoms with E-state index in [9.17, 15) is 0 Å². The van der Waals surface area contributed by atoms with Crippen LogP contribution in [0.3, 0.4) is 0 Å². The molecule has 4 heteroatoms. The predicted octanol–water partition coefficient (Wildman–Crippen LogP) is 4.75. The van der Waals surface area contributed by atoms with E-state index in [1.807, 2.05) is 6.07 Å². The van der Waals surface area contributed by atoms with Crippen molar-refractivity contribution in [2.24, 2.45) is 0 Å². The van der Waals surface area contributed by atoms with Crippen LogP contribution in [0.25, 0.3) is 0 Å². The van der Waals surface area contributed by atoms with Gasteiger partial charge in [-0.1, -0.05) is 19.3 Å². The molecular weight excluding hydrogens is 330 g/mol. The number of hydrogen-bond donors (Lipinski definition) is 1. The summed E-state index contributed by atoms with van der Waals surface area (Å²) in [5, 5.41) is 3.49. The highest BCUT2D eigenvalue weighted by atomic mass is 79.9. The zero-order valence-corrected chi connectivity index (χ0v) is 14.2. The highest BCUT2D eigenvalue weighted by Crippen LogP contribution is 2.41. The first-order valence-corrected chi connectivity index (χ1v) is 8.75. The molecular formula is C17H24BrNO2. The average Bonchev–Trinajstić information content (AvgIpc) is 2.89. The summed E-state index contributed by atoms with van der Waals surface area (Å²) < 4.78 is 12.6. The Balaban J connectivity index is 1.53. The Morgan fingerprint density at radius 3 is 2.81 bits per heavy atom. The van der Waals surface area contributed by atoms with Crippen molar-refractivity contribution in [3.63, 3.8) is 0 Å². The second kappa shape index (κ2) is 6.57. The summed E-state index contributed by atoms with van der Waals surface area (Å²) in [5.74, 6) is 0.860. The summed E-state index contributed by atoms with van der Waals surface area (Å²) in [6.07, 6.45) is 9.36. The van der Waals surface area contributed by atoms with E-state index in [2.05, 4.69) is 33.4 Å². The monoisotopic (exact) mass is 353 g/mol. The van der Waals surface area contributed by atoms with Crippen LogP contribution < -0.4 is 10.1 Å². The number of hydrogen-bond acceptors (Lipinski definition) is 3. The molecule has 1 N–H and O–H groups in total. The van der Waals surface area contributed by atoms with Gasteiger partial charge in [-0.15, -0.1) is 0 Å². The first-order chi connectivity index (χ1) is 10.2. The molecule has 1 atom stereocenters. The molecule has 2 fully saturated rings. The van der Waals surface area contributed by atoms with Gasteiger partial charge in [0.1, 0.15) is 5.75 Å². The van der Waals surface area contributed by atoms with E-state index >= 15 is 0 Å². The zero-order chi connectivity index (χ0) is 14.7. The molecule has 1 saturated carbocycles. The van der Waals surface area contributed by atoms with Gasteiger partial charge < -0.3 is 14.8 Å². The maximum absolute atomic E-state index is 6.39. The molecule has 0 amide bonds. The van der Waals surface area contributed by atoms with Gasteiger partial charge in [0.15, 0.2) is 0 Å². The van der Waals surface area contributed by atoms with Gasteiger partial charge in [0, 0.05) is 12.2 Å². The van der Waals surface area contributed by atoms with E-state index < -0.39 is 0 Å². The number of rotatable bonds is 4. The summed E-state index contributed by atoms with van der Waals surface area (Å²) in [7, 11) is 1.68. The minimum Gasteiger partial charge on any atom is -0.496 e. The Kier molecular flexibility index (Phi) is 4.75. The highest BCUT2D eigenvalue weighted by Gasteiger charge is 2.40. The van der Waals surface area contributed by atoms with Gasteiger partial charge in [-0.05, 0) is 59.8 Å². The molecule has 1 saturated heterocycles. The summed E-state index contributed by atoms with van der Waals surface area (Å²) in [4.78, 5) is 0. The summed E-state index contributed by atoms with van der Waals surface area (Å²) in [6.45, 7) is 0.889. The molecule has 1 unspecified atom stereocenters. The maximum Gasteiger partial charge on any atom is 0.133 e. The van der Waals surface area contributed by atoms with Crippen LogP contribution >= 0.6 is 15.9 Å². The van der Waals surface area contributed by atoms with E-state index in [4.69, 9.17) is 9.47 Å². The average molecular weight is 354 g/mol. The smallest absolute Gasteiger partial charge is 0.133 e. The van der Waals surface area contributed by atoms with E-state index in [-0.39, 0.29) is 5.60 Å². The largest absolute Gasteiger partial charge is 0.496 e. The fourth-order valence-corrected chi connectivity index (χ4v) is 4.15. The van der Waals surface area contributed by atoms with Crippen LogP contribution in [0.2, 0.25) is 0 Å². The lowest BCUT2D eigenvalue weighted by Gasteiger charge is -2.33. The Morgan fingerprint density at radius 1 is 1.29 bits per heavy atom. The molecule has 0 radical (unpaired) electrons. The Labute approximate surface area is 135 Å². The first-order valence-electron chi connectivity index (χ1n) is 7.96. The van der Waals surface area contributed by atoms with Crippen LogP contribution in [0.15, 0.2) is 22.7 Å². The van der Waals surface area contributed by atoms with E-state index in [1.165, 1.54) is 44.9 Å². The SMILES string of the molecule is COc1ccc(NCC2CCC3(CCCCC3)O2)cc1Br. The normalized spacial score (nSPS) is 24.2. The van der Waals surface area contributed by atoms with E-state index in [0.717, 1.165) is 22.5 Å². The van der Waals surface area contributed by atoms with Crippen LogP contribution in [0.4, 0.5) is 5.69 Å². The van der Waals surface area contributed by atoms with Gasteiger partial charge >= 0.3 is 0 Å². The number of benzene rings is 1. The molecule has 116 valence electrons. The van der Waals surface area contributed by atoms with Crippen LogP contribution in [-0.2, 0) is 4.74 Å². The second-order valence-corrected chi connectivity index (χ2v) is 7.11. The van der Waals surface area contributed by atoms with Crippen LogP contribution in [0.5, 0.6) is 5.75 Å². The highest BCUT2D eigenvalue weighted by molar-refractivity contribution is 9.10. The number of halogens is 1. The van der Waals surface area contributed by atoms with Crippen molar-refractivity contribution >= 4 is 21.6 Å². The molecule has 21 heavy (non-hydrogen) atoms. The lowest BCUT2D eigenvalue weighted by atomic mass is 9.83. The lowest BCUT2D eigenvalue weighted by Crippen LogP contribution is -2.33. The quantitative estimate of drug-likeness (QED) is 0.846. The number of nitrogens with one attached hydrogen (secondary N) is 1. The maximum atomic E-state index is 6.39. The first kappa shape index (κ1) is 15.2. The van der Waals surface area contributed by atoms with E-state index in [0.29, 0.717) is 6.10 Å². The molecule has 1 aliphatic carbocycles. The third-order valence-corrected chi connectivity index (χ3v) is 5.41. The fraction of sp³-hybridized carbons (Fsp3) is 0.647. The lowest BCUT2D eigenvalue weighted by molar-refractivity contribution is -0.0588. The second-order valence-electron chi connectivity index (χ2n) is 6.25. The van der Waals surface area contributed by atoms with Crippen molar-refractivity contribution in [3.8, 4) is 5.75 Å². The molecule has 1 spiro atoms. The van der Waals surface area contributed by atoms with Gasteiger partial charge in [0.2, 0.25) is 0 Å². The molecule has 3 nitrogen and oxygen atoms in total. The molecule has 3 rings (SSSR count). The summed E-state index contributed by atoms with van der Waals surface area (Å²) in [5.41, 5.74) is 1.32. The minimum atomic E-state index is 0.213. The van der Waals surface area contributed by atoms with Crippen molar-refractivity contribution in [2.75, 3.05) is 19.0 Å². The number of methoxy groups -OCH3 is 1. The van der Waals surface area contributed by atoms with Gasteiger partial charge in [-0.25, -0.2) is 0 Å². The Hall–Kier alpha value is -0.740. The van der Waals surface area contributed by atoms with Gasteiger partial charge in [0.25, 0.3) is 0 Å². The molecule has 1 aromatic rings. The molecule has 2 aliphatic rings. The number of ether oxygens (including phenoxy) is 2. The van der Waals surface area contributed by atoms with Crippen LogP contribution in [0.1, 0.15) is 44.9 Å². The number of anilines is 1.